The molecule has 0 spiro atoms. The molecular formula is C13H25N3O4. The fourth-order valence-corrected chi connectivity index (χ4v) is 1.32. The smallest absolute Gasteiger partial charge is 0.317 e. The van der Waals surface area contributed by atoms with E-state index in [4.69, 9.17) is 5.11 Å². The van der Waals surface area contributed by atoms with Crippen LogP contribution in [-0.4, -0.2) is 54.6 Å². The molecule has 3 amide bonds. The Balaban J connectivity index is 3.92. The zero-order chi connectivity index (χ0) is 15.7. The summed E-state index contributed by atoms with van der Waals surface area (Å²) < 4.78 is 0. The van der Waals surface area contributed by atoms with Gasteiger partial charge in [-0.05, 0) is 12.3 Å². The lowest BCUT2D eigenvalue weighted by Gasteiger charge is -2.18. The fourth-order valence-electron chi connectivity index (χ4n) is 1.32. The number of nitrogens with one attached hydrogen (secondary N) is 2. The van der Waals surface area contributed by atoms with E-state index >= 15 is 0 Å². The molecule has 1 unspecified atom stereocenters. The van der Waals surface area contributed by atoms with Gasteiger partial charge in [-0.1, -0.05) is 20.8 Å². The standard InChI is InChI=1S/C13H25N3O4/c1-9(2)7-15-11(17)8-16(4)13(20)14-6-5-10(3)12(18)19/h9-10H,5-8H2,1-4H3,(H,14,20)(H,15,17)(H,18,19). The van der Waals surface area contributed by atoms with Crippen molar-refractivity contribution in [3.63, 3.8) is 0 Å². The maximum Gasteiger partial charge on any atom is 0.317 e. The number of carboxylic acid groups (broad SMARTS) is 1. The number of hydrogen-bond acceptors (Lipinski definition) is 3. The van der Waals surface area contributed by atoms with Crippen molar-refractivity contribution in [1.29, 1.82) is 0 Å². The van der Waals surface area contributed by atoms with Crippen molar-refractivity contribution < 1.29 is 19.5 Å². The van der Waals surface area contributed by atoms with Gasteiger partial charge in [-0.3, -0.25) is 9.59 Å². The van der Waals surface area contributed by atoms with E-state index in [2.05, 4.69) is 10.6 Å². The molecule has 0 bridgehead atoms. The predicted molar refractivity (Wildman–Crippen MR) is 75.3 cm³/mol. The molecule has 0 aromatic heterocycles. The van der Waals surface area contributed by atoms with Crippen LogP contribution in [0.2, 0.25) is 0 Å². The van der Waals surface area contributed by atoms with E-state index in [1.807, 2.05) is 13.8 Å². The number of amides is 3. The predicted octanol–water partition coefficient (Wildman–Crippen LogP) is 0.511. The second-order valence-corrected chi connectivity index (χ2v) is 5.31. The zero-order valence-corrected chi connectivity index (χ0v) is 12.6. The highest BCUT2D eigenvalue weighted by Crippen LogP contribution is 1.99. The minimum Gasteiger partial charge on any atom is -0.481 e. The Bertz CT molecular complexity index is 345. The number of carboxylic acids is 1. The maximum absolute atomic E-state index is 11.7. The molecule has 0 aliphatic heterocycles. The van der Waals surface area contributed by atoms with Crippen molar-refractivity contribution >= 4 is 17.9 Å². The summed E-state index contributed by atoms with van der Waals surface area (Å²) in [5.74, 6) is -1.25. The third-order valence-corrected chi connectivity index (χ3v) is 2.71. The molecule has 20 heavy (non-hydrogen) atoms. The molecule has 0 aromatic carbocycles. The SMILES string of the molecule is CC(C)CNC(=O)CN(C)C(=O)NCCC(C)C(=O)O. The monoisotopic (exact) mass is 287 g/mol. The van der Waals surface area contributed by atoms with Crippen LogP contribution in [-0.2, 0) is 9.59 Å². The molecule has 0 aromatic rings. The summed E-state index contributed by atoms with van der Waals surface area (Å²) in [5, 5.41) is 14.0. The van der Waals surface area contributed by atoms with Crippen molar-refractivity contribution in [2.45, 2.75) is 27.2 Å². The zero-order valence-electron chi connectivity index (χ0n) is 12.6. The van der Waals surface area contributed by atoms with E-state index in [1.54, 1.807) is 6.92 Å². The van der Waals surface area contributed by atoms with Gasteiger partial charge >= 0.3 is 12.0 Å². The van der Waals surface area contributed by atoms with Crippen LogP contribution < -0.4 is 10.6 Å². The van der Waals surface area contributed by atoms with E-state index in [0.29, 0.717) is 18.9 Å². The largest absolute Gasteiger partial charge is 0.481 e. The van der Waals surface area contributed by atoms with Gasteiger partial charge < -0.3 is 20.6 Å². The lowest BCUT2D eigenvalue weighted by molar-refractivity contribution is -0.141. The number of urea groups is 1. The molecule has 0 aliphatic rings. The van der Waals surface area contributed by atoms with Crippen LogP contribution in [0.1, 0.15) is 27.2 Å². The second kappa shape index (κ2) is 9.17. The molecular weight excluding hydrogens is 262 g/mol. The van der Waals surface area contributed by atoms with Crippen molar-refractivity contribution in [2.24, 2.45) is 11.8 Å². The van der Waals surface area contributed by atoms with Gasteiger partial charge in [0.15, 0.2) is 0 Å². The molecule has 0 saturated heterocycles. The molecule has 7 heteroatoms. The number of rotatable bonds is 8. The molecule has 116 valence electrons. The van der Waals surface area contributed by atoms with Gasteiger partial charge in [0, 0.05) is 20.1 Å². The van der Waals surface area contributed by atoms with Crippen LogP contribution in [0.15, 0.2) is 0 Å². The number of hydrogen-bond donors (Lipinski definition) is 3. The van der Waals surface area contributed by atoms with Gasteiger partial charge in [0.2, 0.25) is 5.91 Å². The highest BCUT2D eigenvalue weighted by atomic mass is 16.4. The van der Waals surface area contributed by atoms with Crippen molar-refractivity contribution in [1.82, 2.24) is 15.5 Å². The highest BCUT2D eigenvalue weighted by Gasteiger charge is 2.14. The first-order chi connectivity index (χ1) is 9.23. The van der Waals surface area contributed by atoms with E-state index < -0.39 is 11.9 Å². The van der Waals surface area contributed by atoms with Crippen LogP contribution in [0.3, 0.4) is 0 Å². The third-order valence-electron chi connectivity index (χ3n) is 2.71. The first-order valence-corrected chi connectivity index (χ1v) is 6.72. The third kappa shape index (κ3) is 8.34. The highest BCUT2D eigenvalue weighted by molar-refractivity contribution is 5.83. The molecule has 0 radical (unpaired) electrons. The summed E-state index contributed by atoms with van der Waals surface area (Å²) in [4.78, 5) is 35.0. The van der Waals surface area contributed by atoms with Gasteiger partial charge in [0.1, 0.15) is 6.54 Å². The lowest BCUT2D eigenvalue weighted by atomic mass is 10.1. The van der Waals surface area contributed by atoms with Crippen LogP contribution >= 0.6 is 0 Å². The summed E-state index contributed by atoms with van der Waals surface area (Å²) in [5.41, 5.74) is 0. The van der Waals surface area contributed by atoms with Crippen molar-refractivity contribution in [2.75, 3.05) is 26.7 Å². The van der Waals surface area contributed by atoms with Gasteiger partial charge in [0.25, 0.3) is 0 Å². The average Bonchev–Trinajstić information content (AvgIpc) is 2.35. The van der Waals surface area contributed by atoms with Gasteiger partial charge in [-0.25, -0.2) is 4.79 Å². The number of likely N-dealkylation sites (N-methyl/N-ethyl adjacent to an activating group) is 1. The van der Waals surface area contributed by atoms with E-state index in [1.165, 1.54) is 11.9 Å². The molecule has 3 N–H and O–H groups in total. The summed E-state index contributed by atoms with van der Waals surface area (Å²) >= 11 is 0. The minimum absolute atomic E-state index is 0.0208. The summed E-state index contributed by atoms with van der Waals surface area (Å²) in [6.45, 7) is 6.37. The summed E-state index contributed by atoms with van der Waals surface area (Å²) in [7, 11) is 1.52. The number of carbonyl (C=O) groups excluding carboxylic acids is 2. The van der Waals surface area contributed by atoms with Gasteiger partial charge in [-0.15, -0.1) is 0 Å². The van der Waals surface area contributed by atoms with E-state index in [9.17, 15) is 14.4 Å². The Morgan fingerprint density at radius 1 is 1.15 bits per heavy atom. The molecule has 1 atom stereocenters. The van der Waals surface area contributed by atoms with Gasteiger partial charge in [0.05, 0.1) is 5.92 Å². The van der Waals surface area contributed by atoms with Gasteiger partial charge in [-0.2, -0.15) is 0 Å². The Kier molecular flexibility index (Phi) is 8.35. The van der Waals surface area contributed by atoms with Crippen LogP contribution in [0.25, 0.3) is 0 Å². The molecule has 0 heterocycles. The summed E-state index contributed by atoms with van der Waals surface area (Å²) in [6, 6.07) is -0.387. The van der Waals surface area contributed by atoms with Crippen LogP contribution in [0.5, 0.6) is 0 Å². The molecule has 0 saturated carbocycles. The second-order valence-electron chi connectivity index (χ2n) is 5.31. The van der Waals surface area contributed by atoms with E-state index in [0.717, 1.165) is 0 Å². The first-order valence-electron chi connectivity index (χ1n) is 6.72. The van der Waals surface area contributed by atoms with Crippen molar-refractivity contribution in [3.05, 3.63) is 0 Å². The van der Waals surface area contributed by atoms with Crippen molar-refractivity contribution in [3.8, 4) is 0 Å². The minimum atomic E-state index is -0.888. The van der Waals surface area contributed by atoms with Crippen LogP contribution in [0.4, 0.5) is 4.79 Å². The Hall–Kier alpha value is -1.79. The number of nitrogens with zero attached hydrogens (tertiary/aromatic N) is 1. The van der Waals surface area contributed by atoms with E-state index in [-0.39, 0.29) is 25.0 Å². The molecule has 0 fully saturated rings. The molecule has 0 aliphatic carbocycles. The van der Waals surface area contributed by atoms with Crippen LogP contribution in [0, 0.1) is 11.8 Å². The Morgan fingerprint density at radius 3 is 2.25 bits per heavy atom. The lowest BCUT2D eigenvalue weighted by Crippen LogP contribution is -2.44. The fraction of sp³-hybridized carbons (Fsp3) is 0.769. The average molecular weight is 287 g/mol. The topological polar surface area (TPSA) is 98.7 Å². The molecule has 0 rings (SSSR count). The Morgan fingerprint density at radius 2 is 1.75 bits per heavy atom. The number of carbonyl (C=O) groups is 3. The molecule has 7 nitrogen and oxygen atoms in total. The Labute approximate surface area is 119 Å². The normalized spacial score (nSPS) is 11.8. The first kappa shape index (κ1) is 18.2. The maximum atomic E-state index is 11.7. The number of aliphatic carboxylic acids is 1. The quantitative estimate of drug-likeness (QED) is 0.605. The summed E-state index contributed by atoms with van der Waals surface area (Å²) in [6.07, 6.45) is 0.356.